The van der Waals surface area contributed by atoms with Crippen LogP contribution in [0.4, 0.5) is 0 Å². The number of carbonyl (C=O) groups excluding carboxylic acids is 5. The van der Waals surface area contributed by atoms with Crippen LogP contribution in [0.25, 0.3) is 0 Å². The first-order valence-electron chi connectivity index (χ1n) is 17.5. The Bertz CT molecular complexity index is 1940. The number of aliphatic hydroxyl groups excluding tert-OH is 2. The molecule has 1 saturated heterocycles. The molecule has 1 fully saturated rings. The lowest BCUT2D eigenvalue weighted by molar-refractivity contribution is -0.245. The van der Waals surface area contributed by atoms with Gasteiger partial charge in [0.05, 0.1) is 54.4 Å². The summed E-state index contributed by atoms with van der Waals surface area (Å²) in [4.78, 5) is 65.1. The van der Waals surface area contributed by atoms with Gasteiger partial charge in [-0.05, 0) is 25.8 Å². The maximum absolute atomic E-state index is 14.0. The number of rotatable bonds is 12. The predicted octanol–water partition coefficient (Wildman–Crippen LogP) is 0.812. The molecule has 296 valence electrons. The first kappa shape index (κ1) is 41.4. The number of imide groups is 1. The fraction of sp³-hybridized carbons (Fsp3) is 0.459. The van der Waals surface area contributed by atoms with E-state index >= 15 is 0 Å². The average Bonchev–Trinajstić information content (AvgIpc) is 3.46. The lowest BCUT2D eigenvalue weighted by atomic mass is 9.71. The van der Waals surface area contributed by atoms with Crippen molar-refractivity contribution in [2.45, 2.75) is 88.1 Å². The van der Waals surface area contributed by atoms with Crippen LogP contribution in [0.3, 0.4) is 0 Å². The van der Waals surface area contributed by atoms with Crippen molar-refractivity contribution < 1.29 is 63.7 Å². The molecule has 6 atom stereocenters. The van der Waals surface area contributed by atoms with Crippen molar-refractivity contribution in [3.63, 3.8) is 0 Å². The molecule has 18 heteroatoms. The fourth-order valence-corrected chi connectivity index (χ4v) is 7.47. The number of phenols is 2. The van der Waals surface area contributed by atoms with Gasteiger partial charge < -0.3 is 45.5 Å². The number of hydrogen-bond acceptors (Lipinski definition) is 15. The van der Waals surface area contributed by atoms with Crippen LogP contribution in [0.1, 0.15) is 94.5 Å². The molecule has 55 heavy (non-hydrogen) atoms. The number of amides is 3. The minimum absolute atomic E-state index is 0. The van der Waals surface area contributed by atoms with E-state index in [9.17, 15) is 49.5 Å². The molecule has 0 saturated carbocycles. The van der Waals surface area contributed by atoms with Crippen molar-refractivity contribution in [1.82, 2.24) is 10.3 Å². The molecule has 0 bridgehead atoms. The number of aliphatic hydroxyl groups is 3. The second-order valence-corrected chi connectivity index (χ2v) is 13.8. The first-order chi connectivity index (χ1) is 25.7. The van der Waals surface area contributed by atoms with E-state index in [1.807, 2.05) is 0 Å². The van der Waals surface area contributed by atoms with Gasteiger partial charge in [0.1, 0.15) is 22.8 Å². The molecule has 4 aliphatic rings. The summed E-state index contributed by atoms with van der Waals surface area (Å²) in [6.45, 7) is 0.910. The number of nitrogens with zero attached hydrogens (tertiary/aromatic N) is 2. The van der Waals surface area contributed by atoms with Crippen molar-refractivity contribution in [2.75, 3.05) is 20.3 Å². The number of benzene rings is 2. The zero-order valence-electron chi connectivity index (χ0n) is 30.0. The molecule has 6 rings (SSSR count). The third-order valence-electron chi connectivity index (χ3n) is 10.3. The molecule has 0 spiro atoms. The van der Waals surface area contributed by atoms with Gasteiger partial charge in [0, 0.05) is 67.1 Å². The number of halogens is 1. The van der Waals surface area contributed by atoms with Crippen LogP contribution >= 0.6 is 12.4 Å². The molecule has 17 nitrogen and oxygen atoms in total. The van der Waals surface area contributed by atoms with Gasteiger partial charge in [-0.2, -0.15) is 5.10 Å². The van der Waals surface area contributed by atoms with Crippen LogP contribution in [-0.2, 0) is 30.3 Å². The highest BCUT2D eigenvalue weighted by atomic mass is 35.5. The van der Waals surface area contributed by atoms with Crippen LogP contribution < -0.4 is 15.9 Å². The van der Waals surface area contributed by atoms with E-state index < -0.39 is 108 Å². The minimum Gasteiger partial charge on any atom is -0.507 e. The number of methoxy groups -OCH3 is 1. The number of hydrazone groups is 1. The number of hydrogen-bond donors (Lipinski definition) is 7. The summed E-state index contributed by atoms with van der Waals surface area (Å²) in [6.07, 6.45) is -1.56. The summed E-state index contributed by atoms with van der Waals surface area (Å²) < 4.78 is 17.4. The number of unbranched alkanes of at least 4 members (excludes halogenated alkanes) is 2. The van der Waals surface area contributed by atoms with E-state index in [-0.39, 0.29) is 65.5 Å². The predicted molar refractivity (Wildman–Crippen MR) is 194 cm³/mol. The second-order valence-electron chi connectivity index (χ2n) is 13.8. The molecule has 2 aliphatic heterocycles. The van der Waals surface area contributed by atoms with E-state index in [2.05, 4.69) is 10.5 Å². The fourth-order valence-electron chi connectivity index (χ4n) is 7.47. The van der Waals surface area contributed by atoms with Crippen molar-refractivity contribution in [1.29, 1.82) is 0 Å². The number of fused-ring (bicyclic) bond motifs is 3. The smallest absolute Gasteiger partial charge is 0.253 e. The normalized spacial score (nSPS) is 26.0. The zero-order chi connectivity index (χ0) is 39.1. The van der Waals surface area contributed by atoms with Gasteiger partial charge in [0.15, 0.2) is 12.1 Å². The van der Waals surface area contributed by atoms with Crippen LogP contribution in [0.15, 0.2) is 35.5 Å². The molecule has 8 N–H and O–H groups in total. The van der Waals surface area contributed by atoms with Crippen LogP contribution in [0, 0.1) is 0 Å². The summed E-state index contributed by atoms with van der Waals surface area (Å²) in [7, 11) is 1.32. The molecule has 0 aromatic heterocycles. The van der Waals surface area contributed by atoms with Crippen molar-refractivity contribution in [3.8, 4) is 17.2 Å². The molecule has 2 heterocycles. The molecule has 2 aromatic carbocycles. The van der Waals surface area contributed by atoms with E-state index in [1.54, 1.807) is 6.92 Å². The van der Waals surface area contributed by atoms with E-state index in [0.717, 1.165) is 4.90 Å². The number of aromatic hydroxyl groups is 2. The summed E-state index contributed by atoms with van der Waals surface area (Å²) in [5.74, 6) is -4.25. The van der Waals surface area contributed by atoms with Gasteiger partial charge in [-0.3, -0.25) is 28.9 Å². The maximum atomic E-state index is 14.0. The van der Waals surface area contributed by atoms with E-state index in [0.29, 0.717) is 19.3 Å². The number of phenolic OH excluding ortho intramolecular Hbond substituents is 2. The van der Waals surface area contributed by atoms with Gasteiger partial charge in [-0.25, -0.2) is 5.43 Å². The molecular formula is C37H43ClN4O13. The Balaban J connectivity index is 0.00000580. The maximum Gasteiger partial charge on any atom is 0.253 e. The molecule has 0 unspecified atom stereocenters. The molecule has 0 radical (unpaired) electrons. The third kappa shape index (κ3) is 7.73. The monoisotopic (exact) mass is 786 g/mol. The number of nitrogens with one attached hydrogen (secondary N) is 1. The Hall–Kier alpha value is -4.75. The Morgan fingerprint density at radius 2 is 1.75 bits per heavy atom. The van der Waals surface area contributed by atoms with Gasteiger partial charge in [0.25, 0.3) is 11.8 Å². The highest BCUT2D eigenvalue weighted by Gasteiger charge is 2.49. The second kappa shape index (κ2) is 16.5. The van der Waals surface area contributed by atoms with Gasteiger partial charge >= 0.3 is 0 Å². The average molecular weight is 787 g/mol. The van der Waals surface area contributed by atoms with Crippen molar-refractivity contribution in [3.05, 3.63) is 63.7 Å². The zero-order valence-corrected chi connectivity index (χ0v) is 30.8. The van der Waals surface area contributed by atoms with E-state index in [1.165, 1.54) is 37.5 Å². The number of nitrogens with two attached hydrogens (primary N) is 1. The summed E-state index contributed by atoms with van der Waals surface area (Å²) >= 11 is 0. The largest absolute Gasteiger partial charge is 0.507 e. The van der Waals surface area contributed by atoms with Crippen LogP contribution in [-0.4, -0.2) is 116 Å². The number of carbonyl (C=O) groups is 5. The van der Waals surface area contributed by atoms with Crippen molar-refractivity contribution >= 4 is 47.4 Å². The Morgan fingerprint density at radius 1 is 1.05 bits per heavy atom. The van der Waals surface area contributed by atoms with Gasteiger partial charge in [-0.1, -0.05) is 18.6 Å². The Kier molecular flexibility index (Phi) is 12.5. The summed E-state index contributed by atoms with van der Waals surface area (Å²) in [6, 6.07) is 3.57. The molecule has 3 amide bonds. The molecule has 2 aromatic rings. The lowest BCUT2D eigenvalue weighted by Crippen LogP contribution is -2.53. The topological polar surface area (TPSA) is 268 Å². The molecular weight excluding hydrogens is 744 g/mol. The highest BCUT2D eigenvalue weighted by molar-refractivity contribution is 6.31. The molecule has 2 aliphatic carbocycles. The summed E-state index contributed by atoms with van der Waals surface area (Å²) in [5.41, 5.74) is 4.46. The third-order valence-corrected chi connectivity index (χ3v) is 10.3. The number of ketones is 2. The number of ether oxygens (including phenoxy) is 3. The SMILES string of the molecule is COc1cccc2c1C(=O)c1c(O)c3c(c(O)c1C2=O)C[C@@](O)(/C(CO)=N/NC(=O)CCCCCN1C(=O)C=CC1=O)C[C@@H]3O[C@H]1C[C@H](N)[C@@H](O)[C@H](C)O1.Cl. The van der Waals surface area contributed by atoms with Gasteiger partial charge in [-0.15, -0.1) is 12.4 Å². The highest BCUT2D eigenvalue weighted by Crippen LogP contribution is 2.52. The van der Waals surface area contributed by atoms with E-state index in [4.69, 9.17) is 19.9 Å². The Morgan fingerprint density at radius 3 is 2.40 bits per heavy atom. The van der Waals surface area contributed by atoms with Gasteiger partial charge in [0.2, 0.25) is 11.7 Å². The standard InChI is InChI=1S/C37H42N4O13.ClH/c1-17-32(46)20(38)13-27(53-17)54-22-15-37(51,23(16-42)39-40-24(43)9-4-3-5-12-41-25(44)10-11-26(41)45)14-19-29(22)36(50)31-30(34(19)48)33(47)18-7-6-8-21(52-2)28(18)35(31)49;/h6-8,10-11,17,20,22,27,32,42,46,48,50-51H,3-5,9,12-16,38H2,1-2H3,(H,40,43);1H/b39-23+;/t17-,20-,22-,27-,32-,37-;/m0./s1. The quantitative estimate of drug-likeness (QED) is 0.0441. The van der Waals surface area contributed by atoms with Crippen LogP contribution in [0.5, 0.6) is 17.2 Å². The van der Waals surface area contributed by atoms with Crippen LogP contribution in [0.2, 0.25) is 0 Å². The minimum atomic E-state index is -2.16. The van der Waals surface area contributed by atoms with Crippen molar-refractivity contribution in [2.24, 2.45) is 10.8 Å². The lowest BCUT2D eigenvalue weighted by Gasteiger charge is -2.43. The Labute approximate surface area is 321 Å². The first-order valence-corrected chi connectivity index (χ1v) is 17.5. The summed E-state index contributed by atoms with van der Waals surface area (Å²) in [5, 5.41) is 60.5.